The zero-order valence-corrected chi connectivity index (χ0v) is 12.6. The van der Waals surface area contributed by atoms with Gasteiger partial charge in [0.2, 0.25) is 0 Å². The monoisotopic (exact) mass is 317 g/mol. The van der Waals surface area contributed by atoms with E-state index in [1.807, 2.05) is 12.1 Å². The van der Waals surface area contributed by atoms with Crippen LogP contribution in [0, 0.1) is 6.92 Å². The van der Waals surface area contributed by atoms with E-state index < -0.39 is 0 Å². The molecule has 0 saturated heterocycles. The standard InChI is InChI=1S/C15H15N3Se/c1-10-5-3-6-12(9-10)11(2)16-13-7-4-8-14-15(13)18-19-17-14/h3-9,11,16H,1-2H3. The SMILES string of the molecule is Cc1cccc(C(C)Nc2cccc3n[se]nc23)c1. The van der Waals surface area contributed by atoms with Gasteiger partial charge in [0.15, 0.2) is 0 Å². The topological polar surface area (TPSA) is 37.8 Å². The van der Waals surface area contributed by atoms with Crippen LogP contribution in [0.3, 0.4) is 0 Å². The predicted molar refractivity (Wildman–Crippen MR) is 79.7 cm³/mol. The van der Waals surface area contributed by atoms with Crippen molar-refractivity contribution in [3.05, 3.63) is 53.6 Å². The number of fused-ring (bicyclic) bond motifs is 1. The fourth-order valence-corrected chi connectivity index (χ4v) is 3.33. The van der Waals surface area contributed by atoms with Gasteiger partial charge in [0.1, 0.15) is 0 Å². The molecule has 0 aliphatic rings. The van der Waals surface area contributed by atoms with Crippen LogP contribution in [0.25, 0.3) is 11.0 Å². The Hall–Kier alpha value is -1.64. The summed E-state index contributed by atoms with van der Waals surface area (Å²) in [6, 6.07) is 15.0. The van der Waals surface area contributed by atoms with Gasteiger partial charge in [-0.25, -0.2) is 0 Å². The summed E-state index contributed by atoms with van der Waals surface area (Å²) < 4.78 is 8.91. The van der Waals surface area contributed by atoms with Crippen molar-refractivity contribution in [1.82, 2.24) is 7.96 Å². The van der Waals surface area contributed by atoms with E-state index in [4.69, 9.17) is 0 Å². The normalized spacial score (nSPS) is 12.5. The van der Waals surface area contributed by atoms with Crippen LogP contribution in [-0.4, -0.2) is 22.9 Å². The third kappa shape index (κ3) is 2.55. The number of nitrogens with one attached hydrogen (secondary N) is 1. The molecule has 1 aromatic heterocycles. The molecule has 1 unspecified atom stereocenters. The van der Waals surface area contributed by atoms with E-state index in [-0.39, 0.29) is 21.0 Å². The van der Waals surface area contributed by atoms with Gasteiger partial charge in [0.25, 0.3) is 0 Å². The molecule has 3 rings (SSSR count). The summed E-state index contributed by atoms with van der Waals surface area (Å²) in [6.45, 7) is 4.29. The summed E-state index contributed by atoms with van der Waals surface area (Å²) in [5, 5.41) is 3.54. The molecule has 0 radical (unpaired) electrons. The van der Waals surface area contributed by atoms with E-state index in [1.54, 1.807) is 0 Å². The van der Waals surface area contributed by atoms with E-state index in [9.17, 15) is 0 Å². The molecule has 3 nitrogen and oxygen atoms in total. The molecule has 0 spiro atoms. The average molecular weight is 316 g/mol. The Kier molecular flexibility index (Phi) is 3.36. The van der Waals surface area contributed by atoms with Crippen molar-refractivity contribution in [2.75, 3.05) is 5.32 Å². The second kappa shape index (κ2) is 5.16. The van der Waals surface area contributed by atoms with Crippen LogP contribution >= 0.6 is 0 Å². The minimum atomic E-state index is 0.0205. The summed E-state index contributed by atoms with van der Waals surface area (Å²) in [6.07, 6.45) is 0. The number of hydrogen-bond acceptors (Lipinski definition) is 3. The van der Waals surface area contributed by atoms with Gasteiger partial charge < -0.3 is 0 Å². The first-order chi connectivity index (χ1) is 9.24. The number of benzene rings is 2. The van der Waals surface area contributed by atoms with Gasteiger partial charge >= 0.3 is 118 Å². The maximum atomic E-state index is 4.50. The summed E-state index contributed by atoms with van der Waals surface area (Å²) in [7, 11) is 0. The van der Waals surface area contributed by atoms with Crippen molar-refractivity contribution in [2.24, 2.45) is 0 Å². The molecule has 19 heavy (non-hydrogen) atoms. The number of hydrogen-bond donors (Lipinski definition) is 1. The Bertz CT molecular complexity index is 705. The maximum absolute atomic E-state index is 4.50. The summed E-state index contributed by atoms with van der Waals surface area (Å²) in [4.78, 5) is 0. The number of anilines is 1. The van der Waals surface area contributed by atoms with Gasteiger partial charge in [-0.15, -0.1) is 0 Å². The van der Waals surface area contributed by atoms with Crippen LogP contribution < -0.4 is 5.32 Å². The van der Waals surface area contributed by atoms with Crippen LogP contribution in [0.4, 0.5) is 5.69 Å². The average Bonchev–Trinajstić information content (AvgIpc) is 2.88. The van der Waals surface area contributed by atoms with E-state index >= 15 is 0 Å². The minimum absolute atomic E-state index is 0.0205. The van der Waals surface area contributed by atoms with Crippen LogP contribution in [0.5, 0.6) is 0 Å². The van der Waals surface area contributed by atoms with E-state index in [2.05, 4.69) is 57.5 Å². The second-order valence-electron chi connectivity index (χ2n) is 4.72. The molecule has 0 fully saturated rings. The molecule has 1 N–H and O–H groups in total. The predicted octanol–water partition coefficient (Wildman–Crippen LogP) is 3.17. The second-order valence-corrected chi connectivity index (χ2v) is 5.83. The Morgan fingerprint density at radius 2 is 1.95 bits per heavy atom. The molecule has 3 aromatic rings. The van der Waals surface area contributed by atoms with Crippen molar-refractivity contribution >= 4 is 31.7 Å². The van der Waals surface area contributed by atoms with Gasteiger partial charge in [-0.05, 0) is 0 Å². The fourth-order valence-electron chi connectivity index (χ4n) is 2.18. The van der Waals surface area contributed by atoms with Crippen LogP contribution in [0.2, 0.25) is 0 Å². The molecule has 96 valence electrons. The first kappa shape index (κ1) is 12.4. The van der Waals surface area contributed by atoms with Crippen LogP contribution in [-0.2, 0) is 0 Å². The Morgan fingerprint density at radius 1 is 1.11 bits per heavy atom. The van der Waals surface area contributed by atoms with E-state index in [0.29, 0.717) is 0 Å². The molecule has 0 amide bonds. The number of aromatic nitrogens is 2. The Balaban J connectivity index is 1.90. The zero-order valence-electron chi connectivity index (χ0n) is 10.9. The fraction of sp³-hybridized carbons (Fsp3) is 0.200. The first-order valence-electron chi connectivity index (χ1n) is 6.28. The molecule has 4 heteroatoms. The summed E-state index contributed by atoms with van der Waals surface area (Å²) >= 11 is 0.0205. The molecule has 0 bridgehead atoms. The first-order valence-corrected chi connectivity index (χ1v) is 7.81. The molecular weight excluding hydrogens is 301 g/mol. The van der Waals surface area contributed by atoms with Crippen molar-refractivity contribution in [2.45, 2.75) is 19.9 Å². The Labute approximate surface area is 118 Å². The van der Waals surface area contributed by atoms with Crippen molar-refractivity contribution < 1.29 is 0 Å². The molecule has 1 atom stereocenters. The quantitative estimate of drug-likeness (QED) is 0.754. The molecule has 1 heterocycles. The van der Waals surface area contributed by atoms with Crippen LogP contribution in [0.15, 0.2) is 42.5 Å². The van der Waals surface area contributed by atoms with Gasteiger partial charge in [0.05, 0.1) is 0 Å². The Morgan fingerprint density at radius 3 is 2.79 bits per heavy atom. The van der Waals surface area contributed by atoms with Gasteiger partial charge in [-0.3, -0.25) is 0 Å². The van der Waals surface area contributed by atoms with Gasteiger partial charge in [0, 0.05) is 0 Å². The molecular formula is C15H15N3Se. The van der Waals surface area contributed by atoms with Gasteiger partial charge in [-0.1, -0.05) is 0 Å². The number of aryl methyl sites for hydroxylation is 1. The molecule has 2 aromatic carbocycles. The molecule has 0 saturated carbocycles. The van der Waals surface area contributed by atoms with Crippen molar-refractivity contribution in [1.29, 1.82) is 0 Å². The third-order valence-corrected chi connectivity index (χ3v) is 4.34. The number of nitrogens with zero attached hydrogens (tertiary/aromatic N) is 2. The molecule has 0 aliphatic heterocycles. The van der Waals surface area contributed by atoms with Gasteiger partial charge in [-0.2, -0.15) is 0 Å². The number of rotatable bonds is 3. The summed E-state index contributed by atoms with van der Waals surface area (Å²) in [5.74, 6) is 0. The molecule has 0 aliphatic carbocycles. The summed E-state index contributed by atoms with van der Waals surface area (Å²) in [5.41, 5.74) is 5.68. The van der Waals surface area contributed by atoms with Crippen molar-refractivity contribution in [3.8, 4) is 0 Å². The van der Waals surface area contributed by atoms with Crippen molar-refractivity contribution in [3.63, 3.8) is 0 Å². The third-order valence-electron chi connectivity index (χ3n) is 3.20. The van der Waals surface area contributed by atoms with Crippen LogP contribution in [0.1, 0.15) is 24.1 Å². The van der Waals surface area contributed by atoms with E-state index in [1.165, 1.54) is 11.1 Å². The van der Waals surface area contributed by atoms with E-state index in [0.717, 1.165) is 16.7 Å². The zero-order chi connectivity index (χ0) is 13.2.